The Hall–Kier alpha value is -1.82. The molecular formula is C18H14Fe-2. The average Bonchev–Trinajstić information content (AvgIpc) is 3.10. The SMILES string of the molecule is [Fe].c1cc[cH-]c1.c1ccc2c(c1)cc1cccc[c-]12. The third kappa shape index (κ3) is 2.95. The smallest absolute Gasteiger partial charge is 0 e. The predicted octanol–water partition coefficient (Wildman–Crippen LogP) is 5.11. The van der Waals surface area contributed by atoms with Crippen LogP contribution in [0.1, 0.15) is 0 Å². The van der Waals surface area contributed by atoms with E-state index in [1.54, 1.807) is 0 Å². The maximum atomic E-state index is 2.24. The van der Waals surface area contributed by atoms with E-state index in [-0.39, 0.29) is 17.1 Å². The molecule has 0 heterocycles. The molecule has 0 fully saturated rings. The molecule has 0 amide bonds. The second kappa shape index (κ2) is 6.38. The molecule has 1 heteroatoms. The fraction of sp³-hybridized carbons (Fsp3) is 0. The van der Waals surface area contributed by atoms with Crippen molar-refractivity contribution in [1.82, 2.24) is 0 Å². The predicted molar refractivity (Wildman–Crippen MR) is 79.1 cm³/mol. The van der Waals surface area contributed by atoms with Crippen LogP contribution in [-0.4, -0.2) is 0 Å². The fourth-order valence-corrected chi connectivity index (χ4v) is 2.22. The van der Waals surface area contributed by atoms with Gasteiger partial charge in [-0.15, -0.1) is 41.8 Å². The van der Waals surface area contributed by atoms with E-state index in [0.29, 0.717) is 0 Å². The van der Waals surface area contributed by atoms with Crippen LogP contribution in [0.2, 0.25) is 0 Å². The van der Waals surface area contributed by atoms with E-state index in [4.69, 9.17) is 0 Å². The van der Waals surface area contributed by atoms with Crippen molar-refractivity contribution in [3.63, 3.8) is 0 Å². The van der Waals surface area contributed by atoms with Gasteiger partial charge in [0.1, 0.15) is 0 Å². The minimum absolute atomic E-state index is 0. The van der Waals surface area contributed by atoms with Gasteiger partial charge in [-0.3, -0.25) is 0 Å². The Bertz CT molecular complexity index is 665. The third-order valence-corrected chi connectivity index (χ3v) is 3.08. The Morgan fingerprint density at radius 2 is 1.53 bits per heavy atom. The molecule has 0 spiro atoms. The minimum atomic E-state index is 0. The Kier molecular flexibility index (Phi) is 4.57. The minimum Gasteiger partial charge on any atom is -0.214 e. The molecule has 19 heavy (non-hydrogen) atoms. The Morgan fingerprint density at radius 3 is 2.26 bits per heavy atom. The maximum absolute atomic E-state index is 2.24. The van der Waals surface area contributed by atoms with Gasteiger partial charge in [-0.2, -0.15) is 18.2 Å². The van der Waals surface area contributed by atoms with Gasteiger partial charge in [0.25, 0.3) is 0 Å². The summed E-state index contributed by atoms with van der Waals surface area (Å²) in [5.41, 5.74) is 0. The van der Waals surface area contributed by atoms with E-state index in [9.17, 15) is 0 Å². The van der Waals surface area contributed by atoms with Gasteiger partial charge in [0, 0.05) is 17.1 Å². The molecule has 0 aliphatic carbocycles. The number of rotatable bonds is 0. The second-order valence-electron chi connectivity index (χ2n) is 4.28. The van der Waals surface area contributed by atoms with Gasteiger partial charge < -0.3 is 0 Å². The molecule has 0 unspecified atom stereocenters. The first-order valence-electron chi connectivity index (χ1n) is 6.15. The van der Waals surface area contributed by atoms with Crippen LogP contribution in [0, 0.1) is 0 Å². The number of benzene rings is 2. The topological polar surface area (TPSA) is 0 Å². The standard InChI is InChI=1S/C13H9.C5H5.Fe/c1-3-7-12-10(5-1)9-11-6-2-4-8-13(11)12;1-2-4-5-3-1;/h1-9H;1-5H;/q2*-1;. The van der Waals surface area contributed by atoms with E-state index in [2.05, 4.69) is 54.6 Å². The number of hydrogen-bond donors (Lipinski definition) is 0. The first-order chi connectivity index (χ1) is 8.95. The zero-order valence-electron chi connectivity index (χ0n) is 10.4. The summed E-state index contributed by atoms with van der Waals surface area (Å²) in [6, 6.07) is 29.3. The molecule has 4 aromatic carbocycles. The quantitative estimate of drug-likeness (QED) is 0.311. The molecule has 0 bridgehead atoms. The van der Waals surface area contributed by atoms with Crippen LogP contribution in [0.3, 0.4) is 0 Å². The molecule has 0 aliphatic rings. The van der Waals surface area contributed by atoms with Gasteiger partial charge in [0.15, 0.2) is 0 Å². The van der Waals surface area contributed by atoms with Crippen LogP contribution in [-0.2, 0) is 17.1 Å². The molecular weight excluding hydrogens is 272 g/mol. The number of fused-ring (bicyclic) bond motifs is 3. The van der Waals surface area contributed by atoms with Crippen LogP contribution in [0.15, 0.2) is 84.9 Å². The average molecular weight is 286 g/mol. The number of hydrogen-bond acceptors (Lipinski definition) is 0. The molecule has 0 saturated carbocycles. The third-order valence-electron chi connectivity index (χ3n) is 3.08. The molecule has 0 aromatic heterocycles. The van der Waals surface area contributed by atoms with Crippen LogP contribution in [0.25, 0.3) is 21.5 Å². The van der Waals surface area contributed by atoms with Gasteiger partial charge in [0.05, 0.1) is 0 Å². The molecule has 0 saturated heterocycles. The van der Waals surface area contributed by atoms with Gasteiger partial charge in [0.2, 0.25) is 0 Å². The molecule has 0 atom stereocenters. The van der Waals surface area contributed by atoms with Crippen LogP contribution >= 0.6 is 0 Å². The zero-order valence-corrected chi connectivity index (χ0v) is 11.5. The molecule has 96 valence electrons. The van der Waals surface area contributed by atoms with E-state index in [0.717, 1.165) is 0 Å². The normalized spacial score (nSPS) is 9.68. The molecule has 0 aliphatic heterocycles. The molecule has 0 nitrogen and oxygen atoms in total. The van der Waals surface area contributed by atoms with E-state index in [1.165, 1.54) is 21.5 Å². The Balaban J connectivity index is 0.000000190. The summed E-state index contributed by atoms with van der Waals surface area (Å²) < 4.78 is 0. The summed E-state index contributed by atoms with van der Waals surface area (Å²) >= 11 is 0. The molecule has 4 rings (SSSR count). The summed E-state index contributed by atoms with van der Waals surface area (Å²) in [5, 5.41) is 5.39. The summed E-state index contributed by atoms with van der Waals surface area (Å²) in [4.78, 5) is 0. The van der Waals surface area contributed by atoms with Crippen molar-refractivity contribution in [2.45, 2.75) is 0 Å². The van der Waals surface area contributed by atoms with Crippen LogP contribution in [0.4, 0.5) is 0 Å². The molecule has 0 radical (unpaired) electrons. The first-order valence-corrected chi connectivity index (χ1v) is 6.15. The first kappa shape index (κ1) is 13.6. The fourth-order valence-electron chi connectivity index (χ4n) is 2.22. The van der Waals surface area contributed by atoms with Crippen LogP contribution < -0.4 is 0 Å². The summed E-state index contributed by atoms with van der Waals surface area (Å²) in [5.74, 6) is 0. The summed E-state index contributed by atoms with van der Waals surface area (Å²) in [7, 11) is 0. The summed E-state index contributed by atoms with van der Waals surface area (Å²) in [6.07, 6.45) is 0. The Labute approximate surface area is 123 Å². The largest absolute Gasteiger partial charge is 0.214 e. The van der Waals surface area contributed by atoms with Crippen molar-refractivity contribution < 1.29 is 17.1 Å². The summed E-state index contributed by atoms with van der Waals surface area (Å²) in [6.45, 7) is 0. The second-order valence-corrected chi connectivity index (χ2v) is 4.28. The van der Waals surface area contributed by atoms with Gasteiger partial charge in [-0.05, 0) is 0 Å². The van der Waals surface area contributed by atoms with Crippen molar-refractivity contribution >= 4 is 21.5 Å². The van der Waals surface area contributed by atoms with Crippen molar-refractivity contribution in [1.29, 1.82) is 0 Å². The molecule has 4 aromatic rings. The zero-order chi connectivity index (χ0) is 12.2. The van der Waals surface area contributed by atoms with Crippen molar-refractivity contribution in [2.24, 2.45) is 0 Å². The van der Waals surface area contributed by atoms with Crippen molar-refractivity contribution in [2.75, 3.05) is 0 Å². The monoisotopic (exact) mass is 286 g/mol. The van der Waals surface area contributed by atoms with E-state index < -0.39 is 0 Å². The van der Waals surface area contributed by atoms with Crippen LogP contribution in [0.5, 0.6) is 0 Å². The van der Waals surface area contributed by atoms with E-state index >= 15 is 0 Å². The van der Waals surface area contributed by atoms with Gasteiger partial charge in [-0.25, -0.2) is 12.1 Å². The molecule has 0 N–H and O–H groups in total. The van der Waals surface area contributed by atoms with Gasteiger partial charge in [-0.1, -0.05) is 34.4 Å². The van der Waals surface area contributed by atoms with Crippen molar-refractivity contribution in [3.8, 4) is 0 Å². The van der Waals surface area contributed by atoms with Gasteiger partial charge >= 0.3 is 0 Å². The Morgan fingerprint density at radius 1 is 0.789 bits per heavy atom. The van der Waals surface area contributed by atoms with E-state index in [1.807, 2.05) is 30.3 Å². The van der Waals surface area contributed by atoms with Crippen molar-refractivity contribution in [3.05, 3.63) is 84.9 Å². The maximum Gasteiger partial charge on any atom is 0 e.